The molecule has 0 aromatic heterocycles. The molecule has 0 radical (unpaired) electrons. The number of hydrogen-bond donors (Lipinski definition) is 1. The first-order valence-electron chi connectivity index (χ1n) is 7.03. The summed E-state index contributed by atoms with van der Waals surface area (Å²) in [4.78, 5) is 0. The molecule has 1 rings (SSSR count). The molecule has 0 spiro atoms. The largest absolute Gasteiger partial charge is 0.382 e. The zero-order valence-electron chi connectivity index (χ0n) is 12.6. The molecule has 19 heavy (non-hydrogen) atoms. The Morgan fingerprint density at radius 1 is 1.05 bits per heavy atom. The second-order valence-electron chi connectivity index (χ2n) is 5.35. The van der Waals surface area contributed by atoms with Crippen molar-refractivity contribution >= 4 is 0 Å². The minimum atomic E-state index is 0.0742. The molecule has 0 aliphatic rings. The van der Waals surface area contributed by atoms with Gasteiger partial charge in [0, 0.05) is 13.7 Å². The van der Waals surface area contributed by atoms with Gasteiger partial charge in [-0.3, -0.25) is 0 Å². The number of nitrogens with one attached hydrogen (secondary N) is 1. The summed E-state index contributed by atoms with van der Waals surface area (Å²) in [6.45, 7) is 8.91. The summed E-state index contributed by atoms with van der Waals surface area (Å²) in [5.41, 5.74) is 1.21. The highest BCUT2D eigenvalue weighted by Crippen LogP contribution is 2.18. The van der Waals surface area contributed by atoms with E-state index in [0.717, 1.165) is 13.1 Å². The van der Waals surface area contributed by atoms with Gasteiger partial charge >= 0.3 is 0 Å². The number of hydrogen-bond acceptors (Lipinski definition) is 3. The third-order valence-corrected chi connectivity index (χ3v) is 2.85. The highest BCUT2D eigenvalue weighted by atomic mass is 16.5. The first-order chi connectivity index (χ1) is 9.13. The predicted molar refractivity (Wildman–Crippen MR) is 79.3 cm³/mol. The van der Waals surface area contributed by atoms with Crippen molar-refractivity contribution in [2.75, 3.05) is 26.8 Å². The maximum absolute atomic E-state index is 6.07. The van der Waals surface area contributed by atoms with Crippen molar-refractivity contribution in [1.29, 1.82) is 0 Å². The van der Waals surface area contributed by atoms with Gasteiger partial charge in [0.25, 0.3) is 0 Å². The second kappa shape index (κ2) is 9.08. The lowest BCUT2D eigenvalue weighted by atomic mass is 10.1. The fourth-order valence-corrected chi connectivity index (χ4v) is 1.97. The monoisotopic (exact) mass is 265 g/mol. The van der Waals surface area contributed by atoms with Crippen LogP contribution in [0, 0.1) is 5.92 Å². The first kappa shape index (κ1) is 16.2. The molecule has 0 saturated heterocycles. The molecule has 2 unspecified atom stereocenters. The SMILES string of the molecule is COCC(C)OC(CNCC(C)C)c1ccccc1. The van der Waals surface area contributed by atoms with Crippen LogP contribution < -0.4 is 5.32 Å². The molecule has 2 atom stereocenters. The van der Waals surface area contributed by atoms with Crippen molar-refractivity contribution < 1.29 is 9.47 Å². The van der Waals surface area contributed by atoms with Crippen molar-refractivity contribution in [3.05, 3.63) is 35.9 Å². The molecule has 1 N–H and O–H groups in total. The molecule has 3 nitrogen and oxygen atoms in total. The third-order valence-electron chi connectivity index (χ3n) is 2.85. The van der Waals surface area contributed by atoms with E-state index in [1.54, 1.807) is 7.11 Å². The molecule has 0 heterocycles. The molecule has 0 aliphatic carbocycles. The van der Waals surface area contributed by atoms with E-state index in [-0.39, 0.29) is 12.2 Å². The molecule has 108 valence electrons. The lowest BCUT2D eigenvalue weighted by molar-refractivity contribution is -0.0394. The molecule has 0 fully saturated rings. The highest BCUT2D eigenvalue weighted by molar-refractivity contribution is 5.18. The Morgan fingerprint density at radius 2 is 1.74 bits per heavy atom. The molecule has 0 saturated carbocycles. The van der Waals surface area contributed by atoms with E-state index in [1.165, 1.54) is 5.56 Å². The van der Waals surface area contributed by atoms with Crippen LogP contribution >= 0.6 is 0 Å². The molecule has 1 aromatic rings. The Morgan fingerprint density at radius 3 is 2.32 bits per heavy atom. The Balaban J connectivity index is 2.57. The van der Waals surface area contributed by atoms with E-state index in [0.29, 0.717) is 12.5 Å². The summed E-state index contributed by atoms with van der Waals surface area (Å²) >= 11 is 0. The molecule has 1 aromatic carbocycles. The lowest BCUT2D eigenvalue weighted by Gasteiger charge is -2.23. The minimum Gasteiger partial charge on any atom is -0.382 e. The molecule has 0 amide bonds. The standard InChI is InChI=1S/C16H27NO2/c1-13(2)10-17-11-16(19-14(3)12-18-4)15-8-6-5-7-9-15/h5-9,13-14,16-17H,10-12H2,1-4H3. The minimum absolute atomic E-state index is 0.0742. The van der Waals surface area contributed by atoms with Crippen molar-refractivity contribution in [1.82, 2.24) is 5.32 Å². The topological polar surface area (TPSA) is 30.5 Å². The molecule has 0 bridgehead atoms. The van der Waals surface area contributed by atoms with Gasteiger partial charge < -0.3 is 14.8 Å². The van der Waals surface area contributed by atoms with Gasteiger partial charge in [0.1, 0.15) is 0 Å². The summed E-state index contributed by atoms with van der Waals surface area (Å²) in [6.07, 6.45) is 0.168. The van der Waals surface area contributed by atoms with Crippen molar-refractivity contribution in [2.45, 2.75) is 33.0 Å². The molecule has 0 aliphatic heterocycles. The second-order valence-corrected chi connectivity index (χ2v) is 5.35. The summed E-state index contributed by atoms with van der Waals surface area (Å²) in [5.74, 6) is 0.646. The van der Waals surface area contributed by atoms with Crippen molar-refractivity contribution in [3.8, 4) is 0 Å². The Labute approximate surface area is 117 Å². The summed E-state index contributed by atoms with van der Waals surface area (Å²) in [5, 5.41) is 3.47. The maximum atomic E-state index is 6.07. The van der Waals surface area contributed by atoms with Gasteiger partial charge in [-0.2, -0.15) is 0 Å². The quantitative estimate of drug-likeness (QED) is 0.744. The number of rotatable bonds is 9. The smallest absolute Gasteiger partial charge is 0.0954 e. The summed E-state index contributed by atoms with van der Waals surface area (Å²) in [6, 6.07) is 10.4. The van der Waals surface area contributed by atoms with E-state index in [4.69, 9.17) is 9.47 Å². The van der Waals surface area contributed by atoms with Gasteiger partial charge in [-0.15, -0.1) is 0 Å². The average Bonchev–Trinajstić information content (AvgIpc) is 2.38. The van der Waals surface area contributed by atoms with E-state index in [1.807, 2.05) is 13.0 Å². The van der Waals surface area contributed by atoms with E-state index < -0.39 is 0 Å². The number of methoxy groups -OCH3 is 1. The van der Waals surface area contributed by atoms with Crippen LogP contribution in [0.5, 0.6) is 0 Å². The molecular weight excluding hydrogens is 238 g/mol. The normalized spacial score (nSPS) is 14.6. The van der Waals surface area contributed by atoms with Gasteiger partial charge in [-0.05, 0) is 24.9 Å². The van der Waals surface area contributed by atoms with Crippen molar-refractivity contribution in [3.63, 3.8) is 0 Å². The van der Waals surface area contributed by atoms with Crippen LogP contribution in [0.25, 0.3) is 0 Å². The molecule has 3 heteroatoms. The zero-order chi connectivity index (χ0) is 14.1. The summed E-state index contributed by atoms with van der Waals surface area (Å²) < 4.78 is 11.2. The Bertz CT molecular complexity index is 327. The van der Waals surface area contributed by atoms with Gasteiger partial charge in [-0.25, -0.2) is 0 Å². The van der Waals surface area contributed by atoms with E-state index in [9.17, 15) is 0 Å². The predicted octanol–water partition coefficient (Wildman–Crippen LogP) is 3.02. The van der Waals surface area contributed by atoms with Gasteiger partial charge in [0.15, 0.2) is 0 Å². The number of ether oxygens (including phenoxy) is 2. The summed E-state index contributed by atoms with van der Waals surface area (Å²) in [7, 11) is 1.70. The Hall–Kier alpha value is -0.900. The first-order valence-corrected chi connectivity index (χ1v) is 7.03. The fraction of sp³-hybridized carbons (Fsp3) is 0.625. The maximum Gasteiger partial charge on any atom is 0.0954 e. The van der Waals surface area contributed by atoms with Crippen LogP contribution in [0.2, 0.25) is 0 Å². The van der Waals surface area contributed by atoms with Crippen LogP contribution in [0.15, 0.2) is 30.3 Å². The number of benzene rings is 1. The van der Waals surface area contributed by atoms with E-state index >= 15 is 0 Å². The van der Waals surface area contributed by atoms with Crippen LogP contribution in [0.4, 0.5) is 0 Å². The van der Waals surface area contributed by atoms with Crippen molar-refractivity contribution in [2.24, 2.45) is 5.92 Å². The highest BCUT2D eigenvalue weighted by Gasteiger charge is 2.15. The zero-order valence-corrected chi connectivity index (χ0v) is 12.6. The van der Waals surface area contributed by atoms with Crippen LogP contribution in [-0.4, -0.2) is 32.9 Å². The van der Waals surface area contributed by atoms with Gasteiger partial charge in [0.05, 0.1) is 18.8 Å². The van der Waals surface area contributed by atoms with Crippen LogP contribution in [-0.2, 0) is 9.47 Å². The van der Waals surface area contributed by atoms with E-state index in [2.05, 4.69) is 43.4 Å². The molecular formula is C16H27NO2. The fourth-order valence-electron chi connectivity index (χ4n) is 1.97. The van der Waals surface area contributed by atoms with Gasteiger partial charge in [0.2, 0.25) is 0 Å². The lowest BCUT2D eigenvalue weighted by Crippen LogP contribution is -2.29. The van der Waals surface area contributed by atoms with Crippen LogP contribution in [0.1, 0.15) is 32.4 Å². The Kier molecular flexibility index (Phi) is 7.72. The third kappa shape index (κ3) is 6.71. The van der Waals surface area contributed by atoms with Crippen LogP contribution in [0.3, 0.4) is 0 Å². The van der Waals surface area contributed by atoms with Gasteiger partial charge in [-0.1, -0.05) is 44.2 Å². The average molecular weight is 265 g/mol.